The number of hydrogen-bond acceptors (Lipinski definition) is 5. The van der Waals surface area contributed by atoms with E-state index >= 15 is 0 Å². The maximum absolute atomic E-state index is 10.5. The Hall–Kier alpha value is -2.11. The average molecular weight is 194 g/mol. The van der Waals surface area contributed by atoms with Crippen molar-refractivity contribution in [3.63, 3.8) is 0 Å². The summed E-state index contributed by atoms with van der Waals surface area (Å²) in [6, 6.07) is 1.47. The highest BCUT2D eigenvalue weighted by atomic mass is 16.6. The monoisotopic (exact) mass is 194 g/mol. The minimum Gasteiger partial charge on any atom is -0.396 e. The van der Waals surface area contributed by atoms with Gasteiger partial charge in [-0.15, -0.1) is 6.58 Å². The molecule has 74 valence electrons. The van der Waals surface area contributed by atoms with Crippen LogP contribution in [0.25, 0.3) is 0 Å². The predicted octanol–water partition coefficient (Wildman–Crippen LogP) is 1.17. The second-order valence-corrected chi connectivity index (χ2v) is 2.57. The van der Waals surface area contributed by atoms with Gasteiger partial charge in [0.1, 0.15) is 5.69 Å². The molecule has 0 fully saturated rings. The standard InChI is InChI=1S/C8H10N4O2/c1-2-3-10-7-4-6(9)5-11-8(7)12(13)14/h2,4-5,10H,1,3,9H2. The molecule has 0 aliphatic carbocycles. The van der Waals surface area contributed by atoms with Gasteiger partial charge in [-0.05, 0) is 16.0 Å². The molecule has 0 saturated heterocycles. The summed E-state index contributed by atoms with van der Waals surface area (Å²) in [6.07, 6.45) is 2.84. The lowest BCUT2D eigenvalue weighted by atomic mass is 10.3. The highest BCUT2D eigenvalue weighted by Gasteiger charge is 2.14. The van der Waals surface area contributed by atoms with Crippen molar-refractivity contribution >= 4 is 17.2 Å². The number of nitrogen functional groups attached to an aromatic ring is 1. The normalized spacial score (nSPS) is 9.43. The molecule has 0 amide bonds. The van der Waals surface area contributed by atoms with Crippen molar-refractivity contribution in [2.24, 2.45) is 0 Å². The fourth-order valence-electron chi connectivity index (χ4n) is 0.931. The molecule has 1 aromatic heterocycles. The number of hydrogen-bond donors (Lipinski definition) is 2. The average Bonchev–Trinajstić information content (AvgIpc) is 2.14. The number of aromatic nitrogens is 1. The molecule has 0 aliphatic heterocycles. The van der Waals surface area contributed by atoms with Crippen LogP contribution >= 0.6 is 0 Å². The van der Waals surface area contributed by atoms with E-state index in [1.165, 1.54) is 12.3 Å². The van der Waals surface area contributed by atoms with Crippen molar-refractivity contribution in [2.45, 2.75) is 0 Å². The van der Waals surface area contributed by atoms with Gasteiger partial charge < -0.3 is 21.2 Å². The number of pyridine rings is 1. The van der Waals surface area contributed by atoms with Gasteiger partial charge >= 0.3 is 5.82 Å². The zero-order valence-corrected chi connectivity index (χ0v) is 7.43. The maximum Gasteiger partial charge on any atom is 0.387 e. The first-order chi connectivity index (χ1) is 6.65. The fraction of sp³-hybridized carbons (Fsp3) is 0.125. The van der Waals surface area contributed by atoms with Crippen molar-refractivity contribution in [2.75, 3.05) is 17.6 Å². The van der Waals surface area contributed by atoms with Crippen LogP contribution in [0, 0.1) is 10.1 Å². The van der Waals surface area contributed by atoms with E-state index in [1.807, 2.05) is 0 Å². The van der Waals surface area contributed by atoms with Crippen molar-refractivity contribution < 1.29 is 4.92 Å². The summed E-state index contributed by atoms with van der Waals surface area (Å²) in [6.45, 7) is 3.91. The van der Waals surface area contributed by atoms with Crippen LogP contribution in [-0.4, -0.2) is 16.5 Å². The molecule has 0 aliphatic rings. The maximum atomic E-state index is 10.5. The lowest BCUT2D eigenvalue weighted by Gasteiger charge is -2.03. The summed E-state index contributed by atoms with van der Waals surface area (Å²) in [5.74, 6) is -0.235. The van der Waals surface area contributed by atoms with Crippen LogP contribution in [0.15, 0.2) is 24.9 Å². The van der Waals surface area contributed by atoms with Gasteiger partial charge in [0.25, 0.3) is 0 Å². The molecule has 0 atom stereocenters. The smallest absolute Gasteiger partial charge is 0.387 e. The SMILES string of the molecule is C=CCNc1cc(N)cnc1[N+](=O)[O-]. The van der Waals surface area contributed by atoms with Crippen LogP contribution in [0.4, 0.5) is 17.2 Å². The van der Waals surface area contributed by atoms with Crippen LogP contribution < -0.4 is 11.1 Å². The Labute approximate surface area is 80.6 Å². The first kappa shape index (κ1) is 9.97. The number of nitrogens with one attached hydrogen (secondary N) is 1. The lowest BCUT2D eigenvalue weighted by Crippen LogP contribution is -2.04. The zero-order chi connectivity index (χ0) is 10.6. The summed E-state index contributed by atoms with van der Waals surface area (Å²) in [5, 5.41) is 13.3. The van der Waals surface area contributed by atoms with E-state index in [-0.39, 0.29) is 5.82 Å². The van der Waals surface area contributed by atoms with E-state index in [0.717, 1.165) is 0 Å². The molecule has 14 heavy (non-hydrogen) atoms. The van der Waals surface area contributed by atoms with Crippen LogP contribution in [-0.2, 0) is 0 Å². The third-order valence-electron chi connectivity index (χ3n) is 1.50. The van der Waals surface area contributed by atoms with Gasteiger partial charge in [-0.2, -0.15) is 0 Å². The predicted molar refractivity (Wildman–Crippen MR) is 54.0 cm³/mol. The Morgan fingerprint density at radius 2 is 2.50 bits per heavy atom. The van der Waals surface area contributed by atoms with Crippen LogP contribution in [0.1, 0.15) is 0 Å². The lowest BCUT2D eigenvalue weighted by molar-refractivity contribution is -0.388. The molecule has 6 nitrogen and oxygen atoms in total. The van der Waals surface area contributed by atoms with E-state index in [0.29, 0.717) is 17.9 Å². The van der Waals surface area contributed by atoms with Crippen molar-refractivity contribution in [3.8, 4) is 0 Å². The zero-order valence-electron chi connectivity index (χ0n) is 7.43. The van der Waals surface area contributed by atoms with Gasteiger partial charge in [-0.1, -0.05) is 6.08 Å². The molecule has 0 bridgehead atoms. The van der Waals surface area contributed by atoms with E-state index in [1.54, 1.807) is 6.08 Å². The van der Waals surface area contributed by atoms with Gasteiger partial charge in [-0.25, -0.2) is 0 Å². The Morgan fingerprint density at radius 1 is 1.79 bits per heavy atom. The molecule has 3 N–H and O–H groups in total. The summed E-state index contributed by atoms with van der Waals surface area (Å²) < 4.78 is 0. The fourth-order valence-corrected chi connectivity index (χ4v) is 0.931. The molecule has 1 heterocycles. The summed E-state index contributed by atoms with van der Waals surface area (Å²) in [7, 11) is 0. The number of nitro groups is 1. The highest BCUT2D eigenvalue weighted by Crippen LogP contribution is 2.22. The molecule has 0 aromatic carbocycles. The first-order valence-corrected chi connectivity index (χ1v) is 3.90. The van der Waals surface area contributed by atoms with Crippen molar-refractivity contribution in [3.05, 3.63) is 35.0 Å². The molecule has 0 unspecified atom stereocenters. The van der Waals surface area contributed by atoms with Crippen LogP contribution in [0.3, 0.4) is 0 Å². The Kier molecular flexibility index (Phi) is 3.01. The third kappa shape index (κ3) is 2.19. The van der Waals surface area contributed by atoms with Gasteiger partial charge in [0.2, 0.25) is 0 Å². The molecule has 1 rings (SSSR count). The van der Waals surface area contributed by atoms with Crippen LogP contribution in [0.2, 0.25) is 0 Å². The van der Waals surface area contributed by atoms with E-state index < -0.39 is 4.92 Å². The molecule has 6 heteroatoms. The quantitative estimate of drug-likeness (QED) is 0.426. The van der Waals surface area contributed by atoms with Gasteiger partial charge in [-0.3, -0.25) is 0 Å². The summed E-state index contributed by atoms with van der Waals surface area (Å²) >= 11 is 0. The number of anilines is 2. The largest absolute Gasteiger partial charge is 0.396 e. The van der Waals surface area contributed by atoms with Crippen molar-refractivity contribution in [1.29, 1.82) is 0 Å². The third-order valence-corrected chi connectivity index (χ3v) is 1.50. The number of rotatable bonds is 4. The highest BCUT2D eigenvalue weighted by molar-refractivity contribution is 5.63. The second-order valence-electron chi connectivity index (χ2n) is 2.57. The summed E-state index contributed by atoms with van der Waals surface area (Å²) in [4.78, 5) is 13.6. The molecule has 0 saturated carbocycles. The Morgan fingerprint density at radius 3 is 3.07 bits per heavy atom. The number of nitrogens with zero attached hydrogens (tertiary/aromatic N) is 2. The molecular weight excluding hydrogens is 184 g/mol. The van der Waals surface area contributed by atoms with Gasteiger partial charge in [0.15, 0.2) is 6.20 Å². The van der Waals surface area contributed by atoms with Gasteiger partial charge in [0.05, 0.1) is 5.69 Å². The van der Waals surface area contributed by atoms with Gasteiger partial charge in [0, 0.05) is 6.54 Å². The summed E-state index contributed by atoms with van der Waals surface area (Å²) in [5.41, 5.74) is 6.13. The molecule has 1 aromatic rings. The Bertz CT molecular complexity index is 364. The minimum atomic E-state index is -0.565. The molecule has 0 spiro atoms. The topological polar surface area (TPSA) is 94.1 Å². The second kappa shape index (κ2) is 4.22. The van der Waals surface area contributed by atoms with Crippen LogP contribution in [0.5, 0.6) is 0 Å². The van der Waals surface area contributed by atoms with E-state index in [9.17, 15) is 10.1 Å². The Balaban J connectivity index is 3.02. The minimum absolute atomic E-state index is 0.235. The van der Waals surface area contributed by atoms with Crippen molar-refractivity contribution in [1.82, 2.24) is 4.98 Å². The van der Waals surface area contributed by atoms with E-state index in [4.69, 9.17) is 5.73 Å². The van der Waals surface area contributed by atoms with E-state index in [2.05, 4.69) is 16.9 Å². The molecule has 0 radical (unpaired) electrons. The first-order valence-electron chi connectivity index (χ1n) is 3.90. The number of nitrogens with two attached hydrogens (primary N) is 1. The molecular formula is C8H10N4O2.